The van der Waals surface area contributed by atoms with Gasteiger partial charge < -0.3 is 5.73 Å². The molecule has 0 bridgehead atoms. The van der Waals surface area contributed by atoms with E-state index in [2.05, 4.69) is 62.3 Å². The molecule has 0 aliphatic carbocycles. The fourth-order valence-electron chi connectivity index (χ4n) is 3.37. The van der Waals surface area contributed by atoms with Crippen LogP contribution in [0.5, 0.6) is 0 Å². The van der Waals surface area contributed by atoms with Crippen LogP contribution in [0.1, 0.15) is 88.0 Å². The quantitative estimate of drug-likeness (QED) is 0.591. The minimum atomic E-state index is 0.372. The molecule has 0 aromatic carbocycles. The van der Waals surface area contributed by atoms with E-state index >= 15 is 0 Å². The normalized spacial score (nSPS) is 19.5. The smallest absolute Gasteiger partial charge is 0.00747 e. The Bertz CT molecular complexity index is 274. The standard InChI is InChI=1S/C19H41N/c1-10-19(9,13-15(2)11-12-20)18(7,8)14-16(3)17(4,5)6/h15-16H,10-14,20H2,1-9H3. The third-order valence-electron chi connectivity index (χ3n) is 6.17. The van der Waals surface area contributed by atoms with Crippen molar-refractivity contribution in [3.05, 3.63) is 0 Å². The largest absolute Gasteiger partial charge is 0.330 e. The topological polar surface area (TPSA) is 26.0 Å². The number of hydrogen-bond donors (Lipinski definition) is 1. The Kier molecular flexibility index (Phi) is 7.28. The van der Waals surface area contributed by atoms with Gasteiger partial charge in [-0.15, -0.1) is 0 Å². The molecule has 0 aromatic heterocycles. The Morgan fingerprint density at radius 2 is 1.40 bits per heavy atom. The first-order valence-electron chi connectivity index (χ1n) is 8.59. The van der Waals surface area contributed by atoms with E-state index in [0.29, 0.717) is 16.2 Å². The van der Waals surface area contributed by atoms with Gasteiger partial charge in [-0.2, -0.15) is 0 Å². The Hall–Kier alpha value is -0.0400. The Morgan fingerprint density at radius 3 is 1.75 bits per heavy atom. The lowest BCUT2D eigenvalue weighted by atomic mass is 9.57. The van der Waals surface area contributed by atoms with Gasteiger partial charge in [-0.05, 0) is 53.9 Å². The predicted octanol–water partition coefficient (Wildman–Crippen LogP) is 5.88. The molecule has 0 aliphatic heterocycles. The van der Waals surface area contributed by atoms with Crippen LogP contribution >= 0.6 is 0 Å². The Balaban J connectivity index is 4.99. The van der Waals surface area contributed by atoms with Crippen molar-refractivity contribution in [3.8, 4) is 0 Å². The van der Waals surface area contributed by atoms with Gasteiger partial charge in [0.2, 0.25) is 0 Å². The summed E-state index contributed by atoms with van der Waals surface area (Å²) >= 11 is 0. The molecule has 1 nitrogen and oxygen atoms in total. The van der Waals surface area contributed by atoms with Crippen LogP contribution in [0.25, 0.3) is 0 Å². The van der Waals surface area contributed by atoms with Crippen molar-refractivity contribution in [2.45, 2.75) is 88.0 Å². The van der Waals surface area contributed by atoms with E-state index in [4.69, 9.17) is 5.73 Å². The first-order chi connectivity index (χ1) is 8.89. The summed E-state index contributed by atoms with van der Waals surface area (Å²) in [4.78, 5) is 0. The van der Waals surface area contributed by atoms with Crippen molar-refractivity contribution in [3.63, 3.8) is 0 Å². The number of nitrogens with two attached hydrogens (primary N) is 1. The second-order valence-electron chi connectivity index (χ2n) is 9.16. The SMILES string of the molecule is CCC(C)(CC(C)CCN)C(C)(C)CC(C)C(C)(C)C. The van der Waals surface area contributed by atoms with Crippen molar-refractivity contribution in [2.75, 3.05) is 6.54 Å². The zero-order valence-corrected chi connectivity index (χ0v) is 15.8. The minimum absolute atomic E-state index is 0.372. The minimum Gasteiger partial charge on any atom is -0.330 e. The van der Waals surface area contributed by atoms with Gasteiger partial charge in [0.15, 0.2) is 0 Å². The molecule has 3 unspecified atom stereocenters. The molecule has 0 fully saturated rings. The molecule has 0 aromatic rings. The van der Waals surface area contributed by atoms with Crippen LogP contribution in [0.4, 0.5) is 0 Å². The van der Waals surface area contributed by atoms with Crippen molar-refractivity contribution < 1.29 is 0 Å². The van der Waals surface area contributed by atoms with Gasteiger partial charge in [-0.1, -0.05) is 68.7 Å². The average Bonchev–Trinajstić information content (AvgIpc) is 2.26. The second kappa shape index (κ2) is 7.29. The molecule has 0 amide bonds. The third-order valence-corrected chi connectivity index (χ3v) is 6.17. The highest BCUT2D eigenvalue weighted by molar-refractivity contribution is 4.92. The molecule has 0 radical (unpaired) electrons. The van der Waals surface area contributed by atoms with Crippen molar-refractivity contribution in [1.82, 2.24) is 0 Å². The first kappa shape index (κ1) is 20.0. The summed E-state index contributed by atoms with van der Waals surface area (Å²) in [5.41, 5.74) is 6.91. The molecule has 0 saturated heterocycles. The lowest BCUT2D eigenvalue weighted by Gasteiger charge is -2.48. The molecule has 0 rings (SSSR count). The van der Waals surface area contributed by atoms with E-state index < -0.39 is 0 Å². The van der Waals surface area contributed by atoms with Crippen molar-refractivity contribution in [2.24, 2.45) is 33.8 Å². The van der Waals surface area contributed by atoms with E-state index in [1.807, 2.05) is 0 Å². The highest BCUT2D eigenvalue weighted by atomic mass is 14.5. The molecular weight excluding hydrogens is 242 g/mol. The monoisotopic (exact) mass is 283 g/mol. The molecular formula is C19H41N. The van der Waals surface area contributed by atoms with E-state index in [9.17, 15) is 0 Å². The van der Waals surface area contributed by atoms with Gasteiger partial charge in [-0.3, -0.25) is 0 Å². The van der Waals surface area contributed by atoms with E-state index in [0.717, 1.165) is 24.8 Å². The summed E-state index contributed by atoms with van der Waals surface area (Å²) in [7, 11) is 0. The van der Waals surface area contributed by atoms with Crippen LogP contribution in [-0.2, 0) is 0 Å². The third kappa shape index (κ3) is 5.39. The van der Waals surface area contributed by atoms with Gasteiger partial charge in [0.25, 0.3) is 0 Å². The zero-order chi connectivity index (χ0) is 16.2. The first-order valence-corrected chi connectivity index (χ1v) is 8.59. The van der Waals surface area contributed by atoms with Gasteiger partial charge in [-0.25, -0.2) is 0 Å². The molecule has 0 saturated carbocycles. The molecule has 0 heterocycles. The summed E-state index contributed by atoms with van der Waals surface area (Å²) in [6, 6.07) is 0. The predicted molar refractivity (Wildman–Crippen MR) is 92.9 cm³/mol. The van der Waals surface area contributed by atoms with Gasteiger partial charge in [0.05, 0.1) is 0 Å². The molecule has 20 heavy (non-hydrogen) atoms. The van der Waals surface area contributed by atoms with Gasteiger partial charge in [0, 0.05) is 0 Å². The summed E-state index contributed by atoms with van der Waals surface area (Å²) in [5, 5.41) is 0. The van der Waals surface area contributed by atoms with Crippen LogP contribution in [-0.4, -0.2) is 6.54 Å². The van der Waals surface area contributed by atoms with Crippen LogP contribution in [0.2, 0.25) is 0 Å². The summed E-state index contributed by atoms with van der Waals surface area (Å²) in [6.07, 6.45) is 5.01. The van der Waals surface area contributed by atoms with Crippen molar-refractivity contribution >= 4 is 0 Å². The Labute approximate surface area is 129 Å². The summed E-state index contributed by atoms with van der Waals surface area (Å²) < 4.78 is 0. The molecule has 1 heteroatoms. The molecule has 3 atom stereocenters. The molecule has 0 spiro atoms. The summed E-state index contributed by atoms with van der Waals surface area (Å²) in [5.74, 6) is 1.47. The maximum Gasteiger partial charge on any atom is -0.00747 e. The molecule has 0 aliphatic rings. The Morgan fingerprint density at radius 1 is 0.900 bits per heavy atom. The summed E-state index contributed by atoms with van der Waals surface area (Å²) in [6.45, 7) is 22.5. The fraction of sp³-hybridized carbons (Fsp3) is 1.00. The van der Waals surface area contributed by atoms with Crippen LogP contribution in [0.3, 0.4) is 0 Å². The van der Waals surface area contributed by atoms with Crippen LogP contribution in [0, 0.1) is 28.1 Å². The van der Waals surface area contributed by atoms with Crippen LogP contribution < -0.4 is 5.73 Å². The van der Waals surface area contributed by atoms with E-state index in [-0.39, 0.29) is 0 Å². The second-order valence-corrected chi connectivity index (χ2v) is 9.16. The van der Waals surface area contributed by atoms with Gasteiger partial charge >= 0.3 is 0 Å². The number of rotatable bonds is 8. The zero-order valence-electron chi connectivity index (χ0n) is 15.8. The lowest BCUT2D eigenvalue weighted by Crippen LogP contribution is -2.39. The van der Waals surface area contributed by atoms with Crippen LogP contribution in [0.15, 0.2) is 0 Å². The van der Waals surface area contributed by atoms with E-state index in [1.54, 1.807) is 0 Å². The molecule has 2 N–H and O–H groups in total. The molecule has 122 valence electrons. The highest BCUT2D eigenvalue weighted by Gasteiger charge is 2.42. The highest BCUT2D eigenvalue weighted by Crippen LogP contribution is 2.51. The average molecular weight is 284 g/mol. The van der Waals surface area contributed by atoms with Gasteiger partial charge in [0.1, 0.15) is 0 Å². The lowest BCUT2D eigenvalue weighted by molar-refractivity contribution is 0.0162. The van der Waals surface area contributed by atoms with Crippen molar-refractivity contribution in [1.29, 1.82) is 0 Å². The van der Waals surface area contributed by atoms with E-state index in [1.165, 1.54) is 19.3 Å². The fourth-order valence-corrected chi connectivity index (χ4v) is 3.37. The maximum atomic E-state index is 5.74. The maximum absolute atomic E-state index is 5.74. The number of hydrogen-bond acceptors (Lipinski definition) is 1.